The Labute approximate surface area is 131 Å². The molecule has 5 nitrogen and oxygen atoms in total. The molecule has 0 aromatic heterocycles. The van der Waals surface area contributed by atoms with Gasteiger partial charge in [-0.2, -0.15) is 13.2 Å². The summed E-state index contributed by atoms with van der Waals surface area (Å²) in [6.07, 6.45) is -0.964. The molecular weight excluding hydrogens is 350 g/mol. The van der Waals surface area contributed by atoms with E-state index in [1.165, 1.54) is 12.1 Å². The number of allylic oxidation sites excluding steroid dienone is 1. The molecule has 0 aliphatic rings. The van der Waals surface area contributed by atoms with Gasteiger partial charge in [0.1, 0.15) is 14.1 Å². The first-order valence-electron chi connectivity index (χ1n) is 5.47. The summed E-state index contributed by atoms with van der Waals surface area (Å²) in [4.78, 5) is 0. The Kier molecular flexibility index (Phi) is 8.02. The summed E-state index contributed by atoms with van der Waals surface area (Å²) in [5, 5.41) is 0.396. The third-order valence-corrected chi connectivity index (χ3v) is 2.35. The molecule has 22 heavy (non-hydrogen) atoms. The molecule has 1 rings (SSSR count). The molecule has 0 heterocycles. The topological polar surface area (TPSA) is 95.2 Å². The normalized spacial score (nSPS) is 12.4. The van der Waals surface area contributed by atoms with E-state index in [1.807, 2.05) is 14.1 Å². The van der Waals surface area contributed by atoms with E-state index in [2.05, 4.69) is 0 Å². The highest BCUT2D eigenvalue weighted by atomic mass is 35.7. The first-order valence-corrected chi connectivity index (χ1v) is 7.08. The van der Waals surface area contributed by atoms with Crippen molar-refractivity contribution in [2.45, 2.75) is 6.18 Å². The molecule has 0 atom stereocenters. The molecule has 0 fully saturated rings. The Hall–Kier alpha value is -1.16. The summed E-state index contributed by atoms with van der Waals surface area (Å²) in [5.74, 6) is 0. The monoisotopic (exact) mass is 361 g/mol. The zero-order valence-electron chi connectivity index (χ0n) is 11.4. The van der Waals surface area contributed by atoms with E-state index in [4.69, 9.17) is 30.2 Å². The number of nitrogens with zero attached hydrogens (tertiary/aromatic N) is 1. The van der Waals surface area contributed by atoms with Crippen molar-refractivity contribution in [2.24, 2.45) is 0 Å². The lowest BCUT2D eigenvalue weighted by molar-refractivity contribution is -2.00. The second kappa shape index (κ2) is 8.47. The maximum Gasteiger partial charge on any atom is 0.416 e. The molecule has 124 valence electrons. The van der Waals surface area contributed by atoms with Crippen molar-refractivity contribution in [3.8, 4) is 0 Å². The van der Waals surface area contributed by atoms with Crippen molar-refractivity contribution in [1.29, 1.82) is 0 Å². The van der Waals surface area contributed by atoms with Gasteiger partial charge in [-0.3, -0.25) is 0 Å². The van der Waals surface area contributed by atoms with Crippen LogP contribution in [-0.4, -0.2) is 24.9 Å². The van der Waals surface area contributed by atoms with E-state index in [1.54, 1.807) is 16.9 Å². The van der Waals surface area contributed by atoms with E-state index in [-0.39, 0.29) is 0 Å². The molecule has 0 saturated heterocycles. The SMILES string of the molecule is C[N+](C)=CC=C(Cl)c1ccc(C(F)(F)F)cc1.[O-][Cl+3]([O-])([O-])[O-]. The van der Waals surface area contributed by atoms with Crippen LogP contribution in [0.2, 0.25) is 0 Å². The van der Waals surface area contributed by atoms with Crippen molar-refractivity contribution in [1.82, 2.24) is 0 Å². The van der Waals surface area contributed by atoms with Gasteiger partial charge in [0.25, 0.3) is 0 Å². The zero-order chi connectivity index (χ0) is 17.6. The van der Waals surface area contributed by atoms with Crippen molar-refractivity contribution >= 4 is 22.8 Å². The van der Waals surface area contributed by atoms with Gasteiger partial charge < -0.3 is 0 Å². The number of halogens is 5. The van der Waals surface area contributed by atoms with Gasteiger partial charge >= 0.3 is 6.18 Å². The van der Waals surface area contributed by atoms with E-state index >= 15 is 0 Å². The number of alkyl halides is 3. The number of hydrogen-bond donors (Lipinski definition) is 0. The minimum Gasteiger partial charge on any atom is -0.241 e. The summed E-state index contributed by atoms with van der Waals surface area (Å²) in [5.41, 5.74) is -0.125. The summed E-state index contributed by atoms with van der Waals surface area (Å²) >= 11 is 5.94. The van der Waals surface area contributed by atoms with Gasteiger partial charge in [-0.25, -0.2) is 23.2 Å². The number of rotatable bonds is 2. The van der Waals surface area contributed by atoms with Crippen LogP contribution < -0.4 is 18.6 Å². The van der Waals surface area contributed by atoms with E-state index in [0.29, 0.717) is 10.6 Å². The van der Waals surface area contributed by atoms with Crippen LogP contribution in [0.1, 0.15) is 11.1 Å². The highest BCUT2D eigenvalue weighted by Gasteiger charge is 2.29. The van der Waals surface area contributed by atoms with Gasteiger partial charge in [0.05, 0.1) is 10.6 Å². The predicted molar refractivity (Wildman–Crippen MR) is 63.4 cm³/mol. The second-order valence-electron chi connectivity index (χ2n) is 4.08. The Balaban J connectivity index is 0.000000763. The second-order valence-corrected chi connectivity index (χ2v) is 5.24. The van der Waals surface area contributed by atoms with Crippen LogP contribution in [0.25, 0.3) is 5.03 Å². The smallest absolute Gasteiger partial charge is 0.241 e. The lowest BCUT2D eigenvalue weighted by atomic mass is 10.1. The zero-order valence-corrected chi connectivity index (χ0v) is 12.9. The van der Waals surface area contributed by atoms with Crippen LogP contribution >= 0.6 is 11.6 Å². The molecule has 0 radical (unpaired) electrons. The fourth-order valence-electron chi connectivity index (χ4n) is 1.13. The molecule has 0 bridgehead atoms. The fourth-order valence-corrected chi connectivity index (χ4v) is 1.31. The maximum atomic E-state index is 12.3. The predicted octanol–water partition coefficient (Wildman–Crippen LogP) is -1.13. The Morgan fingerprint density at radius 3 is 1.82 bits per heavy atom. The summed E-state index contributed by atoms with van der Waals surface area (Å²) in [6, 6.07) is 4.73. The van der Waals surface area contributed by atoms with Crippen LogP contribution in [-0.2, 0) is 6.18 Å². The molecule has 0 saturated carbocycles. The lowest BCUT2D eigenvalue weighted by Gasteiger charge is -2.17. The van der Waals surface area contributed by atoms with E-state index in [9.17, 15) is 13.2 Å². The van der Waals surface area contributed by atoms with Gasteiger partial charge in [0.2, 0.25) is 0 Å². The number of benzene rings is 1. The fraction of sp³-hybridized carbons (Fsp3) is 0.250. The van der Waals surface area contributed by atoms with Gasteiger partial charge in [-0.15, -0.1) is 10.2 Å². The largest absolute Gasteiger partial charge is 0.416 e. The summed E-state index contributed by atoms with van der Waals surface area (Å²) in [7, 11) is -1.29. The average molecular weight is 362 g/mol. The van der Waals surface area contributed by atoms with Crippen LogP contribution in [0.15, 0.2) is 30.3 Å². The van der Waals surface area contributed by atoms with Crippen LogP contribution in [0, 0.1) is 10.2 Å². The Bertz CT molecular complexity index is 527. The molecule has 0 spiro atoms. The maximum absolute atomic E-state index is 12.3. The minimum absolute atomic E-state index is 0.396. The first kappa shape index (κ1) is 20.8. The highest BCUT2D eigenvalue weighted by molar-refractivity contribution is 6.49. The quantitative estimate of drug-likeness (QED) is 0.492. The molecule has 1 aromatic carbocycles. The minimum atomic E-state index is -4.94. The molecule has 10 heteroatoms. The van der Waals surface area contributed by atoms with E-state index in [0.717, 1.165) is 12.1 Å². The molecule has 0 aliphatic heterocycles. The van der Waals surface area contributed by atoms with Crippen LogP contribution in [0.3, 0.4) is 0 Å². The van der Waals surface area contributed by atoms with Gasteiger partial charge in [0.15, 0.2) is 6.21 Å². The van der Waals surface area contributed by atoms with E-state index < -0.39 is 22.0 Å². The van der Waals surface area contributed by atoms with Crippen LogP contribution in [0.4, 0.5) is 13.2 Å². The Morgan fingerprint density at radius 1 is 1.09 bits per heavy atom. The molecule has 0 N–H and O–H groups in total. The van der Waals surface area contributed by atoms with Crippen molar-refractivity contribution in [3.05, 3.63) is 41.5 Å². The van der Waals surface area contributed by atoms with Crippen molar-refractivity contribution in [2.75, 3.05) is 14.1 Å². The number of hydrogen-bond acceptors (Lipinski definition) is 4. The molecule has 1 aromatic rings. The summed E-state index contributed by atoms with van der Waals surface area (Å²) < 4.78 is 72.7. The third-order valence-electron chi connectivity index (χ3n) is 2.01. The molecule has 0 aliphatic carbocycles. The lowest BCUT2D eigenvalue weighted by Crippen LogP contribution is -2.68. The van der Waals surface area contributed by atoms with Crippen molar-refractivity contribution < 1.29 is 46.6 Å². The first-order chi connectivity index (χ1) is 9.80. The molecule has 0 unspecified atom stereocenters. The van der Waals surface area contributed by atoms with Crippen molar-refractivity contribution in [3.63, 3.8) is 0 Å². The molecular formula is C12H12Cl2F3NO4. The van der Waals surface area contributed by atoms with Gasteiger partial charge in [-0.1, -0.05) is 23.7 Å². The van der Waals surface area contributed by atoms with Gasteiger partial charge in [0, 0.05) is 6.08 Å². The summed E-state index contributed by atoms with van der Waals surface area (Å²) in [6.45, 7) is 0. The Morgan fingerprint density at radius 2 is 1.50 bits per heavy atom. The standard InChI is InChI=1S/C12H12ClF3N.ClHO4/c1-17(2)8-7-11(13)9-3-5-10(6-4-9)12(14,15)16;2-1(3,4)5/h3-8H,1-2H3;(H,2,3,4,5)/q+1;/p-1. The highest BCUT2D eigenvalue weighted by Crippen LogP contribution is 2.30. The van der Waals surface area contributed by atoms with Crippen LogP contribution in [0.5, 0.6) is 0 Å². The average Bonchev–Trinajstić information content (AvgIpc) is 2.33. The third kappa shape index (κ3) is 10.6. The van der Waals surface area contributed by atoms with Gasteiger partial charge in [-0.05, 0) is 17.7 Å². The molecule has 0 amide bonds.